The Bertz CT molecular complexity index is 380. The van der Waals surface area contributed by atoms with Gasteiger partial charge in [-0.2, -0.15) is 5.10 Å². The van der Waals surface area contributed by atoms with Crippen molar-refractivity contribution < 1.29 is 9.53 Å². The van der Waals surface area contributed by atoms with Gasteiger partial charge in [-0.05, 0) is 13.0 Å². The van der Waals surface area contributed by atoms with Crippen LogP contribution < -0.4 is 5.73 Å². The van der Waals surface area contributed by atoms with Crippen LogP contribution in [0.5, 0.6) is 0 Å². The Morgan fingerprint density at radius 2 is 2.36 bits per heavy atom. The fourth-order valence-electron chi connectivity index (χ4n) is 0.940. The molecule has 0 saturated heterocycles. The van der Waals surface area contributed by atoms with Gasteiger partial charge in [0.25, 0.3) is 0 Å². The topological polar surface area (TPSA) is 69.6 Å². The Balaban J connectivity index is 3.19. The van der Waals surface area contributed by atoms with Gasteiger partial charge in [0, 0.05) is 6.20 Å². The minimum atomic E-state index is -0.551. The normalized spacial score (nSPS) is 11.5. The number of methoxy groups -OCH3 is 1. The standard InChI is InChI=1S/C8H10ClN3O2/c1-5(10)11-12-4-3-6(9)7(12)8(13)14-2/h3-4H,1-2H3,(H2,10,11). The second-order valence-electron chi connectivity index (χ2n) is 2.59. The highest BCUT2D eigenvalue weighted by Crippen LogP contribution is 2.17. The van der Waals surface area contributed by atoms with Gasteiger partial charge in [-0.1, -0.05) is 11.6 Å². The molecule has 2 N–H and O–H groups in total. The number of nitrogens with zero attached hydrogens (tertiary/aromatic N) is 2. The molecule has 0 fully saturated rings. The first-order valence-corrected chi connectivity index (χ1v) is 4.20. The first-order valence-electron chi connectivity index (χ1n) is 3.82. The molecule has 0 aromatic carbocycles. The van der Waals surface area contributed by atoms with Gasteiger partial charge in [0.05, 0.1) is 12.1 Å². The lowest BCUT2D eigenvalue weighted by Crippen LogP contribution is -2.12. The molecule has 1 rings (SSSR count). The fourth-order valence-corrected chi connectivity index (χ4v) is 1.16. The molecule has 0 aliphatic rings. The van der Waals surface area contributed by atoms with Gasteiger partial charge in [0.2, 0.25) is 0 Å². The third-order valence-electron chi connectivity index (χ3n) is 1.46. The Morgan fingerprint density at radius 1 is 1.71 bits per heavy atom. The number of rotatable bonds is 2. The summed E-state index contributed by atoms with van der Waals surface area (Å²) in [5.41, 5.74) is 5.54. The maximum Gasteiger partial charge on any atom is 0.358 e. The number of aromatic nitrogens is 1. The van der Waals surface area contributed by atoms with Crippen LogP contribution in [0, 0.1) is 0 Å². The molecule has 0 aliphatic heterocycles. The van der Waals surface area contributed by atoms with Crippen LogP contribution in [-0.2, 0) is 4.74 Å². The number of halogens is 1. The summed E-state index contributed by atoms with van der Waals surface area (Å²) in [6.45, 7) is 1.61. The van der Waals surface area contributed by atoms with Crippen LogP contribution >= 0.6 is 11.6 Å². The van der Waals surface area contributed by atoms with E-state index in [2.05, 4.69) is 9.84 Å². The predicted octanol–water partition coefficient (Wildman–Crippen LogP) is 1.07. The molecule has 0 atom stereocenters. The summed E-state index contributed by atoms with van der Waals surface area (Å²) < 4.78 is 5.82. The number of esters is 1. The molecule has 14 heavy (non-hydrogen) atoms. The highest BCUT2D eigenvalue weighted by molar-refractivity contribution is 6.33. The van der Waals surface area contributed by atoms with Crippen LogP contribution in [0.3, 0.4) is 0 Å². The third kappa shape index (κ3) is 2.05. The van der Waals surface area contributed by atoms with Crippen molar-refractivity contribution in [3.05, 3.63) is 23.0 Å². The van der Waals surface area contributed by atoms with E-state index in [1.54, 1.807) is 13.0 Å². The average molecular weight is 216 g/mol. The minimum absolute atomic E-state index is 0.166. The van der Waals surface area contributed by atoms with Crippen molar-refractivity contribution in [2.24, 2.45) is 10.8 Å². The summed E-state index contributed by atoms with van der Waals surface area (Å²) >= 11 is 5.77. The van der Waals surface area contributed by atoms with E-state index in [0.717, 1.165) is 0 Å². The van der Waals surface area contributed by atoms with Gasteiger partial charge in [0.15, 0.2) is 5.69 Å². The van der Waals surface area contributed by atoms with Gasteiger partial charge >= 0.3 is 5.97 Å². The Morgan fingerprint density at radius 3 is 2.86 bits per heavy atom. The number of ether oxygens (including phenoxy) is 1. The second kappa shape index (κ2) is 4.15. The number of amidine groups is 1. The maximum absolute atomic E-state index is 11.3. The number of nitrogens with two attached hydrogens (primary N) is 1. The van der Waals surface area contributed by atoms with Crippen LogP contribution in [0.4, 0.5) is 0 Å². The van der Waals surface area contributed by atoms with Crippen molar-refractivity contribution in [1.29, 1.82) is 0 Å². The van der Waals surface area contributed by atoms with E-state index in [1.165, 1.54) is 18.0 Å². The average Bonchev–Trinajstić information content (AvgIpc) is 2.45. The number of hydrogen-bond donors (Lipinski definition) is 1. The zero-order valence-electron chi connectivity index (χ0n) is 7.82. The molecule has 76 valence electrons. The van der Waals surface area contributed by atoms with Crippen LogP contribution in [-0.4, -0.2) is 23.6 Å². The highest BCUT2D eigenvalue weighted by Gasteiger charge is 2.16. The van der Waals surface area contributed by atoms with Gasteiger partial charge in [-0.3, -0.25) is 0 Å². The summed E-state index contributed by atoms with van der Waals surface area (Å²) in [6, 6.07) is 1.54. The summed E-state index contributed by atoms with van der Waals surface area (Å²) in [6.07, 6.45) is 1.53. The molecule has 0 bridgehead atoms. The molecule has 6 heteroatoms. The molecule has 5 nitrogen and oxygen atoms in total. The Hall–Kier alpha value is -1.49. The summed E-state index contributed by atoms with van der Waals surface area (Å²) in [7, 11) is 1.27. The Labute approximate surface area is 86.1 Å². The van der Waals surface area contributed by atoms with Crippen molar-refractivity contribution >= 4 is 23.4 Å². The third-order valence-corrected chi connectivity index (χ3v) is 1.77. The van der Waals surface area contributed by atoms with Gasteiger partial charge < -0.3 is 10.5 Å². The lowest BCUT2D eigenvalue weighted by Gasteiger charge is -2.02. The molecule has 1 heterocycles. The maximum atomic E-state index is 11.3. The van der Waals surface area contributed by atoms with E-state index in [-0.39, 0.29) is 10.7 Å². The largest absolute Gasteiger partial charge is 0.464 e. The fraction of sp³-hybridized carbons (Fsp3) is 0.250. The molecule has 0 saturated carbocycles. The number of hydrogen-bond acceptors (Lipinski definition) is 3. The van der Waals surface area contributed by atoms with E-state index < -0.39 is 5.97 Å². The molecular weight excluding hydrogens is 206 g/mol. The SMILES string of the molecule is COC(=O)c1c(Cl)ccn1/N=C(/C)N. The van der Waals surface area contributed by atoms with Crippen LogP contribution in [0.25, 0.3) is 0 Å². The molecule has 0 aliphatic carbocycles. The summed E-state index contributed by atoms with van der Waals surface area (Å²) in [4.78, 5) is 11.3. The molecule has 0 radical (unpaired) electrons. The van der Waals surface area contributed by atoms with E-state index in [0.29, 0.717) is 5.84 Å². The van der Waals surface area contributed by atoms with Crippen molar-refractivity contribution in [2.75, 3.05) is 7.11 Å². The van der Waals surface area contributed by atoms with Gasteiger partial charge in [-0.25, -0.2) is 9.47 Å². The first-order chi connectivity index (χ1) is 6.56. The predicted molar refractivity (Wildman–Crippen MR) is 53.5 cm³/mol. The van der Waals surface area contributed by atoms with Crippen molar-refractivity contribution in [3.8, 4) is 0 Å². The molecule has 1 aromatic heterocycles. The van der Waals surface area contributed by atoms with Crippen LogP contribution in [0.15, 0.2) is 17.4 Å². The number of carbonyl (C=O) groups is 1. The van der Waals surface area contributed by atoms with E-state index in [4.69, 9.17) is 17.3 Å². The minimum Gasteiger partial charge on any atom is -0.464 e. The van der Waals surface area contributed by atoms with Crippen LogP contribution in [0.2, 0.25) is 5.02 Å². The molecular formula is C8H10ClN3O2. The van der Waals surface area contributed by atoms with E-state index in [9.17, 15) is 4.79 Å². The monoisotopic (exact) mass is 215 g/mol. The van der Waals surface area contributed by atoms with Crippen molar-refractivity contribution in [1.82, 2.24) is 4.68 Å². The van der Waals surface area contributed by atoms with E-state index >= 15 is 0 Å². The van der Waals surface area contributed by atoms with Gasteiger partial charge in [0.1, 0.15) is 5.84 Å². The Kier molecular flexibility index (Phi) is 3.14. The molecule has 0 spiro atoms. The molecule has 0 unspecified atom stereocenters. The van der Waals surface area contributed by atoms with Crippen molar-refractivity contribution in [3.63, 3.8) is 0 Å². The smallest absolute Gasteiger partial charge is 0.358 e. The van der Waals surface area contributed by atoms with Crippen LogP contribution in [0.1, 0.15) is 17.4 Å². The summed E-state index contributed by atoms with van der Waals surface area (Å²) in [5, 5.41) is 4.15. The molecule has 1 aromatic rings. The highest BCUT2D eigenvalue weighted by atomic mass is 35.5. The number of carbonyl (C=O) groups excluding carboxylic acids is 1. The lowest BCUT2D eigenvalue weighted by atomic mass is 10.4. The van der Waals surface area contributed by atoms with E-state index in [1.807, 2.05) is 0 Å². The molecule has 0 amide bonds. The zero-order valence-corrected chi connectivity index (χ0v) is 8.58. The lowest BCUT2D eigenvalue weighted by molar-refractivity contribution is 0.0590. The quantitative estimate of drug-likeness (QED) is 0.456. The van der Waals surface area contributed by atoms with Crippen molar-refractivity contribution in [2.45, 2.75) is 6.92 Å². The van der Waals surface area contributed by atoms with Gasteiger partial charge in [-0.15, -0.1) is 0 Å². The zero-order chi connectivity index (χ0) is 10.7. The second-order valence-corrected chi connectivity index (χ2v) is 3.00. The first kappa shape index (κ1) is 10.6. The summed E-state index contributed by atoms with van der Waals surface area (Å²) in [5.74, 6) is -0.229.